The molecule has 0 fully saturated rings. The van der Waals surface area contributed by atoms with Crippen LogP contribution in [0.5, 0.6) is 0 Å². The minimum atomic E-state index is -1.10. The minimum Gasteiger partial charge on any atom is -0.738 e. The van der Waals surface area contributed by atoms with Crippen molar-refractivity contribution in [3.63, 3.8) is 0 Å². The van der Waals surface area contributed by atoms with Gasteiger partial charge in [-0.15, -0.1) is 5.39 Å². The summed E-state index contributed by atoms with van der Waals surface area (Å²) in [7, 11) is 0. The van der Waals surface area contributed by atoms with Crippen molar-refractivity contribution in [2.75, 3.05) is 18.4 Å². The van der Waals surface area contributed by atoms with E-state index in [2.05, 4.69) is 10.2 Å². The molecule has 0 saturated heterocycles. The number of nitrogens with one attached hydrogen (secondary N) is 1. The number of carbonyl (C=O) groups excluding carboxylic acids is 1. The van der Waals surface area contributed by atoms with Crippen LogP contribution in [0.1, 0.15) is 31.7 Å². The lowest BCUT2D eigenvalue weighted by molar-refractivity contribution is -0.305. The van der Waals surface area contributed by atoms with Gasteiger partial charge in [-0.25, -0.2) is 4.79 Å². The van der Waals surface area contributed by atoms with E-state index in [1.807, 2.05) is 0 Å². The van der Waals surface area contributed by atoms with Crippen LogP contribution in [-0.2, 0) is 14.4 Å². The molecule has 0 aliphatic carbocycles. The molecule has 0 bridgehead atoms. The number of hydroxylamine groups is 2. The van der Waals surface area contributed by atoms with Gasteiger partial charge in [-0.3, -0.25) is 15.3 Å². The van der Waals surface area contributed by atoms with E-state index in [-0.39, 0.29) is 58.3 Å². The number of esters is 1. The Kier molecular flexibility index (Phi) is 8.10. The van der Waals surface area contributed by atoms with Crippen LogP contribution in [0.15, 0.2) is 46.9 Å². The van der Waals surface area contributed by atoms with Gasteiger partial charge in [-0.2, -0.15) is 0 Å². The molecule has 0 spiro atoms. The number of nitrogens with zero attached hydrogens (tertiary/aromatic N) is 3. The lowest BCUT2D eigenvalue weighted by atomic mass is 9.84. The first-order valence-corrected chi connectivity index (χ1v) is 8.70. The summed E-state index contributed by atoms with van der Waals surface area (Å²) < 4.78 is 5.16. The molecule has 166 valence electrons. The fourth-order valence-electron chi connectivity index (χ4n) is 3.10. The summed E-state index contributed by atoms with van der Waals surface area (Å²) in [6.45, 7) is 2.71. The molecule has 0 radical (unpaired) electrons. The van der Waals surface area contributed by atoms with Gasteiger partial charge in [-0.05, 0) is 31.5 Å². The molecule has 0 saturated carbocycles. The quantitative estimate of drug-likeness (QED) is 0.255. The molecule has 1 heterocycles. The number of hydrogen-bond donors (Lipinski definition) is 4. The molecular formula is C17H21N4O9-3. The highest BCUT2D eigenvalue weighted by Crippen LogP contribution is 2.40. The normalized spacial score (nSPS) is 16.6. The van der Waals surface area contributed by atoms with Gasteiger partial charge < -0.3 is 41.3 Å². The number of allylic oxidation sites excluding steroid dienone is 3. The first-order chi connectivity index (χ1) is 14.1. The largest absolute Gasteiger partial charge is 0.738 e. The predicted molar refractivity (Wildman–Crippen MR) is 101 cm³/mol. The van der Waals surface area contributed by atoms with Crippen molar-refractivity contribution in [3.8, 4) is 0 Å². The van der Waals surface area contributed by atoms with Gasteiger partial charge >= 0.3 is 5.97 Å². The lowest BCUT2D eigenvalue weighted by Crippen LogP contribution is -2.34. The second-order valence-corrected chi connectivity index (χ2v) is 6.31. The molecule has 1 aromatic rings. The standard InChI is InChI=1S/C17H21N4O9/c1-10-14(17(22)29-7-4-8-30-21(27)28)15(16(20(25)26)11(2)18-10)12-5-3-6-13(9-12)19(23)24/h3,5-6,9,15,18,23,25,27H,4,7-8H2,1-2H3/q-3/t15-/m1/s1. The van der Waals surface area contributed by atoms with Crippen molar-refractivity contribution < 1.29 is 30.0 Å². The summed E-state index contributed by atoms with van der Waals surface area (Å²) in [5.74, 6) is -1.93. The van der Waals surface area contributed by atoms with E-state index in [1.54, 1.807) is 6.92 Å². The molecule has 1 aliphatic heterocycles. The van der Waals surface area contributed by atoms with E-state index in [4.69, 9.17) is 9.94 Å². The maximum atomic E-state index is 12.8. The van der Waals surface area contributed by atoms with Gasteiger partial charge in [0.1, 0.15) is 0 Å². The maximum absolute atomic E-state index is 12.8. The Labute approximate surface area is 171 Å². The maximum Gasteiger partial charge on any atom is 0.336 e. The summed E-state index contributed by atoms with van der Waals surface area (Å²) >= 11 is 0. The first kappa shape index (κ1) is 23.5. The van der Waals surface area contributed by atoms with Crippen molar-refractivity contribution in [1.29, 1.82) is 0 Å². The Morgan fingerprint density at radius 2 is 1.80 bits per heavy atom. The molecule has 0 aromatic heterocycles. The Balaban J connectivity index is 2.35. The molecule has 30 heavy (non-hydrogen) atoms. The van der Waals surface area contributed by atoms with Crippen LogP contribution in [0.3, 0.4) is 0 Å². The van der Waals surface area contributed by atoms with Crippen molar-refractivity contribution in [2.24, 2.45) is 0 Å². The van der Waals surface area contributed by atoms with Gasteiger partial charge in [0.15, 0.2) is 0 Å². The van der Waals surface area contributed by atoms with Gasteiger partial charge in [-0.1, -0.05) is 12.1 Å². The van der Waals surface area contributed by atoms with E-state index in [1.165, 1.54) is 31.2 Å². The molecule has 1 aromatic carbocycles. The predicted octanol–water partition coefficient (Wildman–Crippen LogP) is 1.82. The van der Waals surface area contributed by atoms with E-state index in [0.29, 0.717) is 5.70 Å². The van der Waals surface area contributed by atoms with Crippen LogP contribution < -0.4 is 10.5 Å². The Bertz CT molecular complexity index is 823. The fourth-order valence-corrected chi connectivity index (χ4v) is 3.10. The highest BCUT2D eigenvalue weighted by molar-refractivity contribution is 5.92. The van der Waals surface area contributed by atoms with Crippen molar-refractivity contribution in [1.82, 2.24) is 15.9 Å². The van der Waals surface area contributed by atoms with Crippen LogP contribution in [0.4, 0.5) is 5.69 Å². The average Bonchev–Trinajstić information content (AvgIpc) is 2.66. The van der Waals surface area contributed by atoms with E-state index in [9.17, 15) is 30.8 Å². The molecule has 4 N–H and O–H groups in total. The summed E-state index contributed by atoms with van der Waals surface area (Å²) in [6.07, 6.45) is 0.0933. The zero-order chi connectivity index (χ0) is 22.4. The second kappa shape index (κ2) is 10.3. The third-order valence-electron chi connectivity index (χ3n) is 4.30. The van der Waals surface area contributed by atoms with Crippen LogP contribution in [0.2, 0.25) is 0 Å². The lowest BCUT2D eigenvalue weighted by Gasteiger charge is -2.38. The third-order valence-corrected chi connectivity index (χ3v) is 4.30. The number of dihydropyridines is 1. The smallest absolute Gasteiger partial charge is 0.336 e. The Morgan fingerprint density at radius 3 is 2.40 bits per heavy atom. The Morgan fingerprint density at radius 1 is 1.10 bits per heavy atom. The number of carbonyl (C=O) groups is 1. The molecular weight excluding hydrogens is 404 g/mol. The first-order valence-electron chi connectivity index (χ1n) is 8.70. The van der Waals surface area contributed by atoms with Crippen LogP contribution >= 0.6 is 0 Å². The van der Waals surface area contributed by atoms with Gasteiger partial charge in [0.05, 0.1) is 36.1 Å². The van der Waals surface area contributed by atoms with Crippen molar-refractivity contribution in [3.05, 3.63) is 68.1 Å². The van der Waals surface area contributed by atoms with E-state index >= 15 is 0 Å². The Hall–Kier alpha value is -2.75. The van der Waals surface area contributed by atoms with Crippen LogP contribution in [0.25, 0.3) is 0 Å². The molecule has 0 unspecified atom stereocenters. The van der Waals surface area contributed by atoms with Crippen molar-refractivity contribution in [2.45, 2.75) is 26.2 Å². The molecule has 1 atom stereocenters. The fraction of sp³-hybridized carbons (Fsp3) is 0.353. The molecule has 13 nitrogen and oxygen atoms in total. The topological polar surface area (TPSA) is 187 Å². The highest BCUT2D eigenvalue weighted by atomic mass is 17.1. The SMILES string of the molecule is CC1=C(C(=O)OCCCON([O-])O)[C@@H](c2cccc(N([O-])O)c2)C(N([O-])O)=C(C)N1. The second-order valence-electron chi connectivity index (χ2n) is 6.31. The summed E-state index contributed by atoms with van der Waals surface area (Å²) in [4.78, 5) is 17.0. The highest BCUT2D eigenvalue weighted by Gasteiger charge is 2.35. The van der Waals surface area contributed by atoms with Gasteiger partial charge in [0.2, 0.25) is 0 Å². The van der Waals surface area contributed by atoms with Gasteiger partial charge in [0.25, 0.3) is 0 Å². The molecule has 2 rings (SSSR count). The number of anilines is 1. The van der Waals surface area contributed by atoms with Crippen molar-refractivity contribution >= 4 is 11.7 Å². The summed E-state index contributed by atoms with van der Waals surface area (Å²) in [6, 6.07) is 5.53. The van der Waals surface area contributed by atoms with E-state index < -0.39 is 17.3 Å². The third kappa shape index (κ3) is 5.65. The summed E-state index contributed by atoms with van der Waals surface area (Å²) in [5, 5.41) is 61.9. The minimum absolute atomic E-state index is 0.00781. The molecule has 1 aliphatic rings. The number of benzene rings is 1. The van der Waals surface area contributed by atoms with E-state index in [0.717, 1.165) is 0 Å². The number of ether oxygens (including phenoxy) is 1. The van der Waals surface area contributed by atoms with Gasteiger partial charge in [0, 0.05) is 17.8 Å². The zero-order valence-corrected chi connectivity index (χ0v) is 16.1. The monoisotopic (exact) mass is 425 g/mol. The zero-order valence-electron chi connectivity index (χ0n) is 16.1. The van der Waals surface area contributed by atoms with Crippen LogP contribution in [0, 0.1) is 15.6 Å². The van der Waals surface area contributed by atoms with Crippen LogP contribution in [-0.4, -0.2) is 45.4 Å². The number of hydrogen-bond acceptors (Lipinski definition) is 13. The average molecular weight is 425 g/mol. The molecule has 13 heteroatoms. The summed E-state index contributed by atoms with van der Waals surface area (Å²) in [5.41, 5.74) is 0.528. The molecule has 0 amide bonds. The number of rotatable bonds is 9.